The van der Waals surface area contributed by atoms with Gasteiger partial charge >= 0.3 is 0 Å². The number of fused-ring (bicyclic) bond motifs is 1. The van der Waals surface area contributed by atoms with E-state index in [1.807, 2.05) is 18.4 Å². The first-order valence-corrected chi connectivity index (χ1v) is 14.2. The van der Waals surface area contributed by atoms with Crippen molar-refractivity contribution >= 4 is 29.8 Å². The van der Waals surface area contributed by atoms with Gasteiger partial charge in [0, 0.05) is 31.0 Å². The third-order valence-corrected chi connectivity index (χ3v) is 7.66. The second-order valence-electron chi connectivity index (χ2n) is 9.61. The number of amidine groups is 1. The SMILES string of the molecule is C=O.CCCCCOC.CCCc1c(C)cc2c(c1NC1=NCC(C)(c3nccs3)O1)CCCCC2. The molecule has 0 bridgehead atoms. The number of aryl methyl sites for hydroxylation is 2. The monoisotopic (exact) mass is 515 g/mol. The molecule has 1 unspecified atom stereocenters. The maximum absolute atomic E-state index is 8.00. The van der Waals surface area contributed by atoms with E-state index in [-0.39, 0.29) is 0 Å². The molecular formula is C29H45N3O3S. The molecule has 7 heteroatoms. The van der Waals surface area contributed by atoms with Crippen LogP contribution in [-0.2, 0) is 39.1 Å². The fourth-order valence-corrected chi connectivity index (χ4v) is 5.49. The van der Waals surface area contributed by atoms with Gasteiger partial charge in [-0.15, -0.1) is 11.3 Å². The smallest absolute Gasteiger partial charge is 0.290 e. The van der Waals surface area contributed by atoms with Crippen molar-refractivity contribution in [3.63, 3.8) is 0 Å². The number of aromatic nitrogens is 1. The quantitative estimate of drug-likeness (QED) is 0.302. The number of benzene rings is 1. The van der Waals surface area contributed by atoms with Crippen LogP contribution in [0.4, 0.5) is 5.69 Å². The molecule has 200 valence electrons. The highest BCUT2D eigenvalue weighted by Gasteiger charge is 2.38. The van der Waals surface area contributed by atoms with Crippen LogP contribution in [0.1, 0.15) is 93.0 Å². The summed E-state index contributed by atoms with van der Waals surface area (Å²) in [5, 5.41) is 6.59. The Morgan fingerprint density at radius 3 is 2.61 bits per heavy atom. The van der Waals surface area contributed by atoms with Crippen LogP contribution in [-0.4, -0.2) is 38.1 Å². The summed E-state index contributed by atoms with van der Waals surface area (Å²) in [7, 11) is 1.75. The molecule has 1 aromatic carbocycles. The van der Waals surface area contributed by atoms with E-state index in [0.717, 1.165) is 30.9 Å². The summed E-state index contributed by atoms with van der Waals surface area (Å²) in [6, 6.07) is 3.07. The Balaban J connectivity index is 0.000000440. The van der Waals surface area contributed by atoms with Gasteiger partial charge in [0.15, 0.2) is 5.60 Å². The lowest BCUT2D eigenvalue weighted by atomic mass is 9.91. The van der Waals surface area contributed by atoms with Crippen molar-refractivity contribution in [2.24, 2.45) is 4.99 Å². The first-order chi connectivity index (χ1) is 17.5. The molecule has 0 spiro atoms. The number of unbranched alkanes of at least 4 members (excludes halogenated alkanes) is 2. The van der Waals surface area contributed by atoms with E-state index in [1.54, 1.807) is 18.4 Å². The Morgan fingerprint density at radius 2 is 1.94 bits per heavy atom. The summed E-state index contributed by atoms with van der Waals surface area (Å²) < 4.78 is 11.1. The van der Waals surface area contributed by atoms with Gasteiger partial charge in [-0.3, -0.25) is 0 Å². The van der Waals surface area contributed by atoms with Gasteiger partial charge in [0.1, 0.15) is 11.8 Å². The highest BCUT2D eigenvalue weighted by molar-refractivity contribution is 7.09. The number of carbonyl (C=O) groups excluding carboxylic acids is 1. The first kappa shape index (κ1) is 30.0. The lowest BCUT2D eigenvalue weighted by Gasteiger charge is -2.24. The third kappa shape index (κ3) is 8.13. The Hall–Kier alpha value is -2.25. The predicted octanol–water partition coefficient (Wildman–Crippen LogP) is 7.02. The highest BCUT2D eigenvalue weighted by atomic mass is 32.1. The number of aliphatic imine (C=N–C) groups is 1. The van der Waals surface area contributed by atoms with E-state index in [9.17, 15) is 0 Å². The van der Waals surface area contributed by atoms with Gasteiger partial charge in [-0.05, 0) is 74.6 Å². The number of nitrogens with one attached hydrogen (secondary N) is 1. The molecular weight excluding hydrogens is 470 g/mol. The van der Waals surface area contributed by atoms with Gasteiger partial charge in [0.25, 0.3) is 6.02 Å². The molecule has 4 rings (SSSR count). The van der Waals surface area contributed by atoms with E-state index in [0.29, 0.717) is 12.6 Å². The maximum atomic E-state index is 8.00. The molecule has 2 aliphatic rings. The number of hydrogen-bond donors (Lipinski definition) is 1. The molecule has 0 saturated heterocycles. The van der Waals surface area contributed by atoms with E-state index in [1.165, 1.54) is 72.9 Å². The lowest BCUT2D eigenvalue weighted by Crippen LogP contribution is -2.28. The molecule has 0 amide bonds. The summed E-state index contributed by atoms with van der Waals surface area (Å²) in [6.07, 6.45) is 14.0. The van der Waals surface area contributed by atoms with Crippen LogP contribution in [0.3, 0.4) is 0 Å². The first-order valence-electron chi connectivity index (χ1n) is 13.3. The third-order valence-electron chi connectivity index (χ3n) is 6.65. The van der Waals surface area contributed by atoms with Crippen molar-refractivity contribution in [1.29, 1.82) is 0 Å². The van der Waals surface area contributed by atoms with Crippen LogP contribution < -0.4 is 5.32 Å². The fourth-order valence-electron chi connectivity index (χ4n) is 4.77. The van der Waals surface area contributed by atoms with Crippen molar-refractivity contribution in [2.75, 3.05) is 25.6 Å². The summed E-state index contributed by atoms with van der Waals surface area (Å²) >= 11 is 1.63. The number of rotatable bonds is 8. The van der Waals surface area contributed by atoms with Crippen LogP contribution in [0.25, 0.3) is 0 Å². The zero-order chi connectivity index (χ0) is 26.4. The molecule has 1 aliphatic carbocycles. The van der Waals surface area contributed by atoms with Gasteiger partial charge in [-0.25, -0.2) is 9.98 Å². The normalized spacial score (nSPS) is 18.4. The molecule has 2 heterocycles. The van der Waals surface area contributed by atoms with E-state index < -0.39 is 5.60 Å². The molecule has 36 heavy (non-hydrogen) atoms. The van der Waals surface area contributed by atoms with Crippen LogP contribution in [0.15, 0.2) is 22.6 Å². The number of methoxy groups -OCH3 is 1. The molecule has 1 aromatic heterocycles. The van der Waals surface area contributed by atoms with Crippen molar-refractivity contribution in [1.82, 2.24) is 4.98 Å². The van der Waals surface area contributed by atoms with E-state index in [2.05, 4.69) is 44.1 Å². The number of thiazole rings is 1. The molecule has 0 fully saturated rings. The second-order valence-corrected chi connectivity index (χ2v) is 10.5. The predicted molar refractivity (Wildman–Crippen MR) is 151 cm³/mol. The molecule has 1 N–H and O–H groups in total. The van der Waals surface area contributed by atoms with Gasteiger partial charge in [0.2, 0.25) is 0 Å². The van der Waals surface area contributed by atoms with Crippen LogP contribution >= 0.6 is 11.3 Å². The van der Waals surface area contributed by atoms with Crippen molar-refractivity contribution < 1.29 is 14.3 Å². The Morgan fingerprint density at radius 1 is 1.17 bits per heavy atom. The number of anilines is 1. The summed E-state index contributed by atoms with van der Waals surface area (Å²) in [6.45, 7) is 12.3. The van der Waals surface area contributed by atoms with E-state index in [4.69, 9.17) is 19.3 Å². The minimum absolute atomic E-state index is 0.456. The van der Waals surface area contributed by atoms with Crippen LogP contribution in [0.5, 0.6) is 0 Å². The van der Waals surface area contributed by atoms with Crippen molar-refractivity contribution in [3.05, 3.63) is 44.9 Å². The topological polar surface area (TPSA) is 72.8 Å². The Kier molecular flexibility index (Phi) is 13.1. The number of carbonyl (C=O) groups is 1. The second kappa shape index (κ2) is 15.8. The molecule has 0 saturated carbocycles. The van der Waals surface area contributed by atoms with Gasteiger partial charge in [-0.1, -0.05) is 45.6 Å². The van der Waals surface area contributed by atoms with Crippen molar-refractivity contribution in [3.8, 4) is 0 Å². The van der Waals surface area contributed by atoms with Crippen molar-refractivity contribution in [2.45, 2.75) is 97.5 Å². The zero-order valence-electron chi connectivity index (χ0n) is 23.0. The standard InChI is InChI=1S/C22H29N3OS.C6H14O.CH2O/c1-4-8-17-15(2)13-16-9-6-5-7-10-18(16)19(17)25-21-24-14-22(3,26-21)20-23-11-12-27-20;1-3-4-5-6-7-2;1-2/h11-13H,4-10,14H2,1-3H3,(H,24,25);3-6H2,1-2H3;1H2. The van der Waals surface area contributed by atoms with Gasteiger partial charge in [-0.2, -0.15) is 0 Å². The largest absolute Gasteiger partial charge is 0.449 e. The average molecular weight is 516 g/mol. The van der Waals surface area contributed by atoms with Gasteiger partial charge in [0.05, 0.1) is 6.54 Å². The summed E-state index contributed by atoms with van der Waals surface area (Å²) in [4.78, 5) is 17.1. The minimum Gasteiger partial charge on any atom is -0.449 e. The summed E-state index contributed by atoms with van der Waals surface area (Å²) in [5.74, 6) is 0. The maximum Gasteiger partial charge on any atom is 0.290 e. The van der Waals surface area contributed by atoms with Crippen LogP contribution in [0.2, 0.25) is 0 Å². The number of hydrogen-bond acceptors (Lipinski definition) is 7. The highest BCUT2D eigenvalue weighted by Crippen LogP contribution is 2.36. The van der Waals surface area contributed by atoms with Gasteiger partial charge < -0.3 is 19.6 Å². The zero-order valence-corrected chi connectivity index (χ0v) is 23.8. The van der Waals surface area contributed by atoms with Crippen LogP contribution in [0, 0.1) is 6.92 Å². The molecule has 2 aromatic rings. The molecule has 6 nitrogen and oxygen atoms in total. The molecule has 1 aliphatic heterocycles. The number of nitrogens with zero attached hydrogens (tertiary/aromatic N) is 2. The Labute approximate surface area is 221 Å². The Bertz CT molecular complexity index is 942. The fraction of sp³-hybridized carbons (Fsp3) is 0.621. The average Bonchev–Trinajstić information content (AvgIpc) is 3.50. The number of ether oxygens (including phenoxy) is 2. The minimum atomic E-state index is -0.456. The lowest BCUT2D eigenvalue weighted by molar-refractivity contribution is -0.0980. The van der Waals surface area contributed by atoms with E-state index >= 15 is 0 Å². The molecule has 1 atom stereocenters. The summed E-state index contributed by atoms with van der Waals surface area (Å²) in [5.41, 5.74) is 6.61. The molecule has 0 radical (unpaired) electrons.